The minimum atomic E-state index is 0.767. The first-order valence-electron chi connectivity index (χ1n) is 7.20. The lowest BCUT2D eigenvalue weighted by Crippen LogP contribution is -2.17. The minimum Gasteiger partial charge on any atom is -0.325 e. The summed E-state index contributed by atoms with van der Waals surface area (Å²) in [5, 5.41) is 0. The summed E-state index contributed by atoms with van der Waals surface area (Å²) in [5.41, 5.74) is 3.71. The summed E-state index contributed by atoms with van der Waals surface area (Å²) >= 11 is 9.01. The maximum Gasteiger partial charge on any atom is 0.142 e. The Labute approximate surface area is 138 Å². The van der Waals surface area contributed by atoms with E-state index in [2.05, 4.69) is 39.2 Å². The van der Waals surface area contributed by atoms with E-state index < -0.39 is 0 Å². The molecular formula is C17H17BrN2S. The van der Waals surface area contributed by atoms with Crippen molar-refractivity contribution in [1.29, 1.82) is 0 Å². The highest BCUT2D eigenvalue weighted by Gasteiger charge is 2.18. The van der Waals surface area contributed by atoms with Gasteiger partial charge in [-0.25, -0.2) is 4.98 Å². The lowest BCUT2D eigenvalue weighted by Gasteiger charge is -2.23. The van der Waals surface area contributed by atoms with Gasteiger partial charge in [0.25, 0.3) is 0 Å². The van der Waals surface area contributed by atoms with Crippen LogP contribution in [0.25, 0.3) is 11.4 Å². The molecule has 108 valence electrons. The molecule has 0 amide bonds. The van der Waals surface area contributed by atoms with Crippen LogP contribution in [0.3, 0.4) is 0 Å². The smallest absolute Gasteiger partial charge is 0.142 e. The van der Waals surface area contributed by atoms with E-state index in [1.54, 1.807) is 0 Å². The van der Waals surface area contributed by atoms with E-state index in [9.17, 15) is 0 Å². The maximum atomic E-state index is 5.54. The Morgan fingerprint density at radius 3 is 2.67 bits per heavy atom. The highest BCUT2D eigenvalue weighted by molar-refractivity contribution is 9.10. The summed E-state index contributed by atoms with van der Waals surface area (Å²) in [7, 11) is 0. The molecule has 4 heteroatoms. The predicted octanol–water partition coefficient (Wildman–Crippen LogP) is 5.11. The second-order valence-electron chi connectivity index (χ2n) is 5.28. The fourth-order valence-electron chi connectivity index (χ4n) is 2.91. The molecule has 2 aromatic rings. The lowest BCUT2D eigenvalue weighted by atomic mass is 9.96. The first-order valence-corrected chi connectivity index (χ1v) is 8.40. The number of rotatable bonds is 3. The van der Waals surface area contributed by atoms with Crippen LogP contribution in [0, 0.1) is 4.64 Å². The van der Waals surface area contributed by atoms with Crippen LogP contribution in [0.4, 0.5) is 0 Å². The van der Waals surface area contributed by atoms with Crippen molar-refractivity contribution in [3.63, 3.8) is 0 Å². The normalized spacial score (nSPS) is 13.8. The average molecular weight is 361 g/mol. The third-order valence-corrected chi connectivity index (χ3v) is 4.77. The third kappa shape index (κ3) is 2.87. The Kier molecular flexibility index (Phi) is 4.36. The highest BCUT2D eigenvalue weighted by Crippen LogP contribution is 2.28. The van der Waals surface area contributed by atoms with Gasteiger partial charge in [0.1, 0.15) is 10.5 Å². The molecule has 0 saturated carbocycles. The van der Waals surface area contributed by atoms with Crippen molar-refractivity contribution in [2.75, 3.05) is 0 Å². The predicted molar refractivity (Wildman–Crippen MR) is 93.0 cm³/mol. The average Bonchev–Trinajstić information content (AvgIpc) is 2.51. The summed E-state index contributed by atoms with van der Waals surface area (Å²) in [4.78, 5) is 4.72. The van der Waals surface area contributed by atoms with Gasteiger partial charge < -0.3 is 4.57 Å². The summed E-state index contributed by atoms with van der Waals surface area (Å²) in [6.07, 6.45) is 6.51. The quantitative estimate of drug-likeness (QED) is 0.559. The molecule has 1 aromatic heterocycles. The first-order chi connectivity index (χ1) is 10.2. The van der Waals surface area contributed by atoms with E-state index in [0.29, 0.717) is 0 Å². The Morgan fingerprint density at radius 1 is 1.24 bits per heavy atom. The van der Waals surface area contributed by atoms with Gasteiger partial charge in [-0.2, -0.15) is 0 Å². The van der Waals surface area contributed by atoms with E-state index in [-0.39, 0.29) is 0 Å². The molecular weight excluding hydrogens is 344 g/mol. The molecule has 2 nitrogen and oxygen atoms in total. The zero-order chi connectivity index (χ0) is 14.8. The Morgan fingerprint density at radius 2 is 1.95 bits per heavy atom. The summed E-state index contributed by atoms with van der Waals surface area (Å²) in [6.45, 7) is 4.67. The number of halogens is 1. The number of fused-ring (bicyclic) bond motifs is 1. The standard InChI is InChI=1S/C17H17BrN2S/c1-2-11-20-15-6-4-3-5-14(15)17(21)19-16(20)12-7-9-13(18)10-8-12/h2,7-10H,1,3-6,11H2. The van der Waals surface area contributed by atoms with Gasteiger partial charge >= 0.3 is 0 Å². The van der Waals surface area contributed by atoms with Gasteiger partial charge in [-0.1, -0.05) is 46.4 Å². The Bertz CT molecular complexity index is 732. The molecule has 1 aromatic carbocycles. The van der Waals surface area contributed by atoms with Crippen molar-refractivity contribution in [2.45, 2.75) is 32.2 Å². The molecule has 0 unspecified atom stereocenters. The molecule has 0 N–H and O–H groups in total. The largest absolute Gasteiger partial charge is 0.325 e. The van der Waals surface area contributed by atoms with E-state index >= 15 is 0 Å². The van der Waals surface area contributed by atoms with Gasteiger partial charge in [-0.3, -0.25) is 0 Å². The first kappa shape index (κ1) is 14.7. The zero-order valence-corrected chi connectivity index (χ0v) is 14.2. The van der Waals surface area contributed by atoms with Gasteiger partial charge in [-0.05, 0) is 37.8 Å². The molecule has 21 heavy (non-hydrogen) atoms. The van der Waals surface area contributed by atoms with Gasteiger partial charge in [0.05, 0.1) is 0 Å². The van der Waals surface area contributed by atoms with Crippen LogP contribution in [-0.4, -0.2) is 9.55 Å². The SMILES string of the molecule is C=CCn1c(-c2ccc(Br)cc2)nc(=S)c2c1CCCC2. The van der Waals surface area contributed by atoms with Gasteiger partial charge in [0.15, 0.2) is 0 Å². The van der Waals surface area contributed by atoms with Crippen LogP contribution in [0.5, 0.6) is 0 Å². The van der Waals surface area contributed by atoms with Crippen molar-refractivity contribution in [1.82, 2.24) is 9.55 Å². The van der Waals surface area contributed by atoms with Crippen LogP contribution in [-0.2, 0) is 19.4 Å². The molecule has 0 spiro atoms. The van der Waals surface area contributed by atoms with Gasteiger partial charge in [0, 0.05) is 27.8 Å². The fraction of sp³-hybridized carbons (Fsp3) is 0.294. The molecule has 1 aliphatic carbocycles. The number of nitrogens with zero attached hydrogens (tertiary/aromatic N) is 2. The zero-order valence-electron chi connectivity index (χ0n) is 11.8. The minimum absolute atomic E-state index is 0.767. The monoisotopic (exact) mass is 360 g/mol. The molecule has 0 atom stereocenters. The van der Waals surface area contributed by atoms with Crippen LogP contribution in [0.2, 0.25) is 0 Å². The second kappa shape index (κ2) is 6.24. The topological polar surface area (TPSA) is 17.8 Å². The van der Waals surface area contributed by atoms with Crippen molar-refractivity contribution in [3.05, 3.63) is 57.3 Å². The number of hydrogen-bond acceptors (Lipinski definition) is 2. The number of benzene rings is 1. The molecule has 0 bridgehead atoms. The molecule has 0 fully saturated rings. The molecule has 0 aliphatic heterocycles. The van der Waals surface area contributed by atoms with Crippen LogP contribution in [0.1, 0.15) is 24.1 Å². The Balaban J connectivity index is 2.23. The fourth-order valence-corrected chi connectivity index (χ4v) is 3.49. The summed E-state index contributed by atoms with van der Waals surface area (Å²) in [6, 6.07) is 8.24. The van der Waals surface area contributed by atoms with Crippen molar-refractivity contribution < 1.29 is 0 Å². The molecule has 0 radical (unpaired) electrons. The van der Waals surface area contributed by atoms with Crippen molar-refractivity contribution >= 4 is 28.1 Å². The number of aromatic nitrogens is 2. The van der Waals surface area contributed by atoms with Crippen LogP contribution in [0.15, 0.2) is 41.4 Å². The number of allylic oxidation sites excluding steroid dienone is 1. The maximum absolute atomic E-state index is 5.54. The van der Waals surface area contributed by atoms with Crippen LogP contribution >= 0.6 is 28.1 Å². The van der Waals surface area contributed by atoms with E-state index in [1.807, 2.05) is 18.2 Å². The van der Waals surface area contributed by atoms with E-state index in [4.69, 9.17) is 17.2 Å². The summed E-state index contributed by atoms with van der Waals surface area (Å²) in [5.74, 6) is 0.952. The van der Waals surface area contributed by atoms with Gasteiger partial charge in [-0.15, -0.1) is 6.58 Å². The van der Waals surface area contributed by atoms with Crippen LogP contribution < -0.4 is 0 Å². The van der Waals surface area contributed by atoms with Crippen molar-refractivity contribution in [3.8, 4) is 11.4 Å². The highest BCUT2D eigenvalue weighted by atomic mass is 79.9. The van der Waals surface area contributed by atoms with E-state index in [1.165, 1.54) is 24.1 Å². The number of hydrogen-bond donors (Lipinski definition) is 0. The Hall–Kier alpha value is -1.26. The molecule has 3 rings (SSSR count). The molecule has 0 saturated heterocycles. The molecule has 1 heterocycles. The lowest BCUT2D eigenvalue weighted by molar-refractivity contribution is 0.608. The van der Waals surface area contributed by atoms with Crippen molar-refractivity contribution in [2.24, 2.45) is 0 Å². The van der Waals surface area contributed by atoms with Gasteiger partial charge in [0.2, 0.25) is 0 Å². The molecule has 1 aliphatic rings. The second-order valence-corrected chi connectivity index (χ2v) is 6.58. The van der Waals surface area contributed by atoms with E-state index in [0.717, 1.165) is 39.9 Å². The third-order valence-electron chi connectivity index (χ3n) is 3.90. The summed E-state index contributed by atoms with van der Waals surface area (Å²) < 4.78 is 4.11.